The molecule has 1 saturated heterocycles. The molecular weight excluding hydrogens is 344 g/mol. The van der Waals surface area contributed by atoms with Crippen LogP contribution in [0.15, 0.2) is 0 Å². The molecule has 1 aliphatic heterocycles. The summed E-state index contributed by atoms with van der Waals surface area (Å²) >= 11 is 0. The molecule has 25 heavy (non-hydrogen) atoms. The predicted molar refractivity (Wildman–Crippen MR) is 97.5 cm³/mol. The van der Waals surface area contributed by atoms with Crippen molar-refractivity contribution in [1.82, 2.24) is 0 Å². The van der Waals surface area contributed by atoms with Crippen molar-refractivity contribution in [3.8, 4) is 0 Å². The number of unbranched alkanes of at least 4 members (excludes halogenated alkanes) is 7. The Labute approximate surface area is 153 Å². The van der Waals surface area contributed by atoms with E-state index in [1.54, 1.807) is 0 Å². The first-order chi connectivity index (χ1) is 12.0. The summed E-state index contributed by atoms with van der Waals surface area (Å²) < 4.78 is 42.8. The Morgan fingerprint density at radius 3 is 2.32 bits per heavy atom. The van der Waals surface area contributed by atoms with E-state index in [0.717, 1.165) is 20.0 Å². The Morgan fingerprint density at radius 2 is 1.68 bits per heavy atom. The first-order valence-electron chi connectivity index (χ1n) is 9.72. The second kappa shape index (κ2) is 13.0. The van der Waals surface area contributed by atoms with Crippen LogP contribution in [0.5, 0.6) is 0 Å². The molecule has 0 amide bonds. The fraction of sp³-hybridized carbons (Fsp3) is 1.00. The highest BCUT2D eigenvalue weighted by atomic mass is 32.3. The van der Waals surface area contributed by atoms with Gasteiger partial charge in [0.05, 0.1) is 25.9 Å². The van der Waals surface area contributed by atoms with E-state index in [2.05, 4.69) is 18.0 Å². The van der Waals surface area contributed by atoms with Crippen molar-refractivity contribution in [1.29, 1.82) is 0 Å². The summed E-state index contributed by atoms with van der Waals surface area (Å²) in [5.74, 6) is 0. The second-order valence-electron chi connectivity index (χ2n) is 6.84. The normalized spacial score (nSPS) is 22.4. The zero-order chi connectivity index (χ0) is 18.5. The second-order valence-corrected chi connectivity index (χ2v) is 8.19. The average Bonchev–Trinajstić information content (AvgIpc) is 3.02. The van der Waals surface area contributed by atoms with Crippen molar-refractivity contribution in [3.05, 3.63) is 0 Å². The molecule has 3 atom stereocenters. The minimum absolute atomic E-state index is 0.113. The van der Waals surface area contributed by atoms with Crippen molar-refractivity contribution in [3.63, 3.8) is 0 Å². The minimum Gasteiger partial charge on any atom is -0.376 e. The van der Waals surface area contributed by atoms with Gasteiger partial charge in [0, 0.05) is 6.42 Å². The molecule has 0 radical (unpaired) electrons. The Hall–Kier alpha value is -0.210. The molecule has 0 bridgehead atoms. The number of hydrogen-bond acceptors (Lipinski definition) is 6. The molecule has 0 aromatic rings. The maximum atomic E-state index is 11.2. The Balaban J connectivity index is 2.01. The average molecular weight is 381 g/mol. The highest BCUT2D eigenvalue weighted by molar-refractivity contribution is 7.81. The lowest BCUT2D eigenvalue weighted by molar-refractivity contribution is -0.103. The van der Waals surface area contributed by atoms with Crippen molar-refractivity contribution in [2.24, 2.45) is 0 Å². The van der Waals surface area contributed by atoms with Gasteiger partial charge in [-0.2, -0.15) is 8.42 Å². The molecule has 1 fully saturated rings. The van der Waals surface area contributed by atoms with Gasteiger partial charge in [0.15, 0.2) is 6.29 Å². The number of ether oxygens (including phenoxy) is 2. The highest BCUT2D eigenvalue weighted by Crippen LogP contribution is 2.23. The van der Waals surface area contributed by atoms with Crippen LogP contribution in [-0.4, -0.2) is 40.6 Å². The Bertz CT molecular complexity index is 425. The maximum absolute atomic E-state index is 11.2. The summed E-state index contributed by atoms with van der Waals surface area (Å²) in [5.41, 5.74) is 0. The SMILES string of the molecule is CCCCCCCCCCC(C)OCC1CCC(OS(=O)(=O)OC)O1. The van der Waals surface area contributed by atoms with Crippen molar-refractivity contribution < 1.29 is 26.3 Å². The van der Waals surface area contributed by atoms with Gasteiger partial charge in [-0.15, -0.1) is 0 Å². The fourth-order valence-corrected chi connectivity index (χ4v) is 3.44. The molecule has 6 nitrogen and oxygen atoms in total. The number of hydrogen-bond donors (Lipinski definition) is 0. The van der Waals surface area contributed by atoms with Crippen LogP contribution in [0.1, 0.15) is 84.5 Å². The molecule has 0 saturated carbocycles. The monoisotopic (exact) mass is 380 g/mol. The lowest BCUT2D eigenvalue weighted by Gasteiger charge is -2.17. The molecule has 0 N–H and O–H groups in total. The summed E-state index contributed by atoms with van der Waals surface area (Å²) in [6.07, 6.45) is 12.2. The largest absolute Gasteiger partial charge is 0.402 e. The van der Waals surface area contributed by atoms with Gasteiger partial charge >= 0.3 is 10.4 Å². The van der Waals surface area contributed by atoms with Crippen LogP contribution in [-0.2, 0) is 28.2 Å². The van der Waals surface area contributed by atoms with E-state index in [1.165, 1.54) is 51.4 Å². The quantitative estimate of drug-likeness (QED) is 0.394. The van der Waals surface area contributed by atoms with Crippen LogP contribution in [0.2, 0.25) is 0 Å². The topological polar surface area (TPSA) is 71.1 Å². The van der Waals surface area contributed by atoms with E-state index < -0.39 is 16.7 Å². The first kappa shape index (κ1) is 22.8. The van der Waals surface area contributed by atoms with Gasteiger partial charge in [-0.05, 0) is 19.8 Å². The standard InChI is InChI=1S/C18H36O6S/c1-4-5-6-7-8-9-10-11-12-16(2)22-15-17-13-14-18(23-17)24-25(19,20)21-3/h16-18H,4-15H2,1-3H3. The van der Waals surface area contributed by atoms with Gasteiger partial charge in [0.1, 0.15) is 0 Å². The van der Waals surface area contributed by atoms with E-state index >= 15 is 0 Å². The maximum Gasteiger partial charge on any atom is 0.402 e. The number of rotatable bonds is 15. The van der Waals surface area contributed by atoms with E-state index in [4.69, 9.17) is 13.7 Å². The summed E-state index contributed by atoms with van der Waals surface area (Å²) in [4.78, 5) is 0. The molecule has 1 rings (SSSR count). The molecule has 0 aromatic heterocycles. The minimum atomic E-state index is -3.95. The van der Waals surface area contributed by atoms with Crippen LogP contribution in [0.4, 0.5) is 0 Å². The molecular formula is C18H36O6S. The van der Waals surface area contributed by atoms with Gasteiger partial charge in [0.2, 0.25) is 0 Å². The van der Waals surface area contributed by atoms with Gasteiger partial charge < -0.3 is 9.47 Å². The van der Waals surface area contributed by atoms with Gasteiger partial charge in [-0.3, -0.25) is 4.18 Å². The molecule has 0 aromatic carbocycles. The lowest BCUT2D eigenvalue weighted by Crippen LogP contribution is -2.23. The Morgan fingerprint density at radius 1 is 1.04 bits per heavy atom. The van der Waals surface area contributed by atoms with Crippen molar-refractivity contribution >= 4 is 10.4 Å². The van der Waals surface area contributed by atoms with E-state index in [0.29, 0.717) is 13.0 Å². The molecule has 0 spiro atoms. The van der Waals surface area contributed by atoms with Crippen LogP contribution in [0, 0.1) is 0 Å². The third kappa shape index (κ3) is 11.2. The van der Waals surface area contributed by atoms with Crippen molar-refractivity contribution in [2.75, 3.05) is 13.7 Å². The van der Waals surface area contributed by atoms with Gasteiger partial charge in [0.25, 0.3) is 0 Å². The lowest BCUT2D eigenvalue weighted by atomic mass is 10.1. The summed E-state index contributed by atoms with van der Waals surface area (Å²) in [6.45, 7) is 4.80. The predicted octanol–water partition coefficient (Wildman–Crippen LogP) is 4.34. The molecule has 0 aliphatic carbocycles. The van der Waals surface area contributed by atoms with Crippen molar-refractivity contribution in [2.45, 2.75) is 103 Å². The summed E-state index contributed by atoms with van der Waals surface area (Å²) in [7, 11) is -2.88. The van der Waals surface area contributed by atoms with E-state index in [1.807, 2.05) is 0 Å². The fourth-order valence-electron chi connectivity index (χ4n) is 2.96. The van der Waals surface area contributed by atoms with E-state index in [9.17, 15) is 8.42 Å². The van der Waals surface area contributed by atoms with Crippen LogP contribution in [0.25, 0.3) is 0 Å². The zero-order valence-corrected chi connectivity index (χ0v) is 16.9. The highest BCUT2D eigenvalue weighted by Gasteiger charge is 2.30. The van der Waals surface area contributed by atoms with Crippen LogP contribution < -0.4 is 0 Å². The first-order valence-corrected chi connectivity index (χ1v) is 11.1. The molecule has 1 aliphatic rings. The Kier molecular flexibility index (Phi) is 11.9. The smallest absolute Gasteiger partial charge is 0.376 e. The van der Waals surface area contributed by atoms with Crippen LogP contribution in [0.3, 0.4) is 0 Å². The third-order valence-electron chi connectivity index (χ3n) is 4.53. The molecule has 7 heteroatoms. The van der Waals surface area contributed by atoms with Gasteiger partial charge in [-0.1, -0.05) is 58.3 Å². The molecule has 150 valence electrons. The van der Waals surface area contributed by atoms with Gasteiger partial charge in [-0.25, -0.2) is 4.18 Å². The summed E-state index contributed by atoms with van der Waals surface area (Å²) in [5, 5.41) is 0. The third-order valence-corrected chi connectivity index (χ3v) is 5.39. The zero-order valence-electron chi connectivity index (χ0n) is 16.1. The summed E-state index contributed by atoms with van der Waals surface area (Å²) in [6, 6.07) is 0. The molecule has 1 heterocycles. The molecule has 3 unspecified atom stereocenters. The van der Waals surface area contributed by atoms with E-state index in [-0.39, 0.29) is 12.2 Å². The van der Waals surface area contributed by atoms with Crippen LogP contribution >= 0.6 is 0 Å².